The number of hydrogen-bond acceptors (Lipinski definition) is 5. The summed E-state index contributed by atoms with van der Waals surface area (Å²) in [6.07, 6.45) is 6.03. The summed E-state index contributed by atoms with van der Waals surface area (Å²) in [7, 11) is 0. The number of fused-ring (bicyclic) bond motifs is 1. The highest BCUT2D eigenvalue weighted by atomic mass is 16.1. The number of likely N-dealkylation sites (tertiary alicyclic amines) is 1. The van der Waals surface area contributed by atoms with E-state index in [-0.39, 0.29) is 5.91 Å². The molecule has 1 fully saturated rings. The van der Waals surface area contributed by atoms with Crippen LogP contribution in [-0.4, -0.2) is 38.8 Å². The second-order valence-electron chi connectivity index (χ2n) is 7.77. The van der Waals surface area contributed by atoms with Gasteiger partial charge in [-0.25, -0.2) is 9.97 Å². The van der Waals surface area contributed by atoms with Crippen molar-refractivity contribution in [1.82, 2.24) is 19.9 Å². The van der Waals surface area contributed by atoms with Crippen LogP contribution in [0.5, 0.6) is 0 Å². The van der Waals surface area contributed by atoms with Crippen LogP contribution in [0, 0.1) is 0 Å². The molecule has 1 N–H and O–H groups in total. The molecule has 0 spiro atoms. The molecule has 0 atom stereocenters. The summed E-state index contributed by atoms with van der Waals surface area (Å²) in [5.74, 6) is 0.276. The van der Waals surface area contributed by atoms with Crippen molar-refractivity contribution >= 4 is 22.6 Å². The van der Waals surface area contributed by atoms with Crippen molar-refractivity contribution in [1.29, 1.82) is 0 Å². The van der Waals surface area contributed by atoms with Crippen LogP contribution in [0.15, 0.2) is 73.1 Å². The molecular formula is C25H23N5O. The Morgan fingerprint density at radius 3 is 2.65 bits per heavy atom. The second kappa shape index (κ2) is 8.62. The highest BCUT2D eigenvalue weighted by molar-refractivity contribution is 6.04. The molecule has 0 radical (unpaired) electrons. The van der Waals surface area contributed by atoms with Crippen molar-refractivity contribution in [2.45, 2.75) is 19.4 Å². The molecule has 154 valence electrons. The molecule has 1 aliphatic rings. The van der Waals surface area contributed by atoms with E-state index >= 15 is 0 Å². The van der Waals surface area contributed by atoms with Gasteiger partial charge in [0.2, 0.25) is 0 Å². The minimum absolute atomic E-state index is 0.270. The first-order valence-corrected chi connectivity index (χ1v) is 10.6. The van der Waals surface area contributed by atoms with E-state index in [9.17, 15) is 4.79 Å². The Morgan fingerprint density at radius 2 is 1.81 bits per heavy atom. The summed E-state index contributed by atoms with van der Waals surface area (Å²) >= 11 is 0. The molecule has 6 nitrogen and oxygen atoms in total. The molecule has 1 saturated heterocycles. The number of nitrogens with one attached hydrogen (secondary N) is 1. The molecule has 1 aliphatic heterocycles. The van der Waals surface area contributed by atoms with Crippen LogP contribution in [0.2, 0.25) is 0 Å². The molecule has 4 aromatic rings. The quantitative estimate of drug-likeness (QED) is 0.524. The van der Waals surface area contributed by atoms with E-state index in [1.807, 2.05) is 54.6 Å². The van der Waals surface area contributed by atoms with E-state index in [0.717, 1.165) is 47.4 Å². The largest absolute Gasteiger partial charge is 0.305 e. The van der Waals surface area contributed by atoms with Gasteiger partial charge in [0, 0.05) is 35.5 Å². The third-order valence-corrected chi connectivity index (χ3v) is 5.56. The number of hydrogen-bond donors (Lipinski definition) is 1. The van der Waals surface area contributed by atoms with Crippen LogP contribution < -0.4 is 5.32 Å². The fourth-order valence-corrected chi connectivity index (χ4v) is 4.02. The summed E-state index contributed by atoms with van der Waals surface area (Å²) in [5.41, 5.74) is 4.01. The van der Waals surface area contributed by atoms with Gasteiger partial charge in [0.05, 0.1) is 11.2 Å². The lowest BCUT2D eigenvalue weighted by molar-refractivity contribution is 0.102. The normalized spacial score (nSPS) is 14.1. The van der Waals surface area contributed by atoms with E-state index in [4.69, 9.17) is 0 Å². The lowest BCUT2D eigenvalue weighted by Gasteiger charge is -2.14. The van der Waals surface area contributed by atoms with Crippen molar-refractivity contribution in [2.75, 3.05) is 18.4 Å². The first-order chi connectivity index (χ1) is 15.3. The summed E-state index contributed by atoms with van der Waals surface area (Å²) in [6.45, 7) is 3.03. The van der Waals surface area contributed by atoms with Crippen LogP contribution in [-0.2, 0) is 6.54 Å². The Bertz CT molecular complexity index is 1220. The average Bonchev–Trinajstić information content (AvgIpc) is 3.32. The summed E-state index contributed by atoms with van der Waals surface area (Å²) in [6, 6.07) is 19.3. The van der Waals surface area contributed by atoms with Gasteiger partial charge < -0.3 is 5.32 Å². The Balaban J connectivity index is 1.40. The van der Waals surface area contributed by atoms with Crippen molar-refractivity contribution in [3.8, 4) is 11.1 Å². The Labute approximate surface area is 181 Å². The van der Waals surface area contributed by atoms with Crippen molar-refractivity contribution in [3.63, 3.8) is 0 Å². The van der Waals surface area contributed by atoms with Gasteiger partial charge in [0.1, 0.15) is 11.5 Å². The van der Waals surface area contributed by atoms with Crippen LogP contribution in [0.25, 0.3) is 22.0 Å². The van der Waals surface area contributed by atoms with E-state index in [1.54, 1.807) is 18.5 Å². The summed E-state index contributed by atoms with van der Waals surface area (Å²) in [5, 5.41) is 3.88. The van der Waals surface area contributed by atoms with Crippen LogP contribution in [0.4, 0.5) is 5.82 Å². The maximum absolute atomic E-state index is 12.9. The number of nitrogens with zero attached hydrogens (tertiary/aromatic N) is 4. The van der Waals surface area contributed by atoms with E-state index in [1.165, 1.54) is 12.8 Å². The number of benzene rings is 1. The zero-order valence-corrected chi connectivity index (χ0v) is 17.2. The highest BCUT2D eigenvalue weighted by Gasteiger charge is 2.14. The molecule has 0 aliphatic carbocycles. The van der Waals surface area contributed by atoms with Gasteiger partial charge in [-0.15, -0.1) is 0 Å². The molecule has 1 amide bonds. The molecule has 3 aromatic heterocycles. The summed E-state index contributed by atoms with van der Waals surface area (Å²) < 4.78 is 0. The van der Waals surface area contributed by atoms with Gasteiger partial charge in [-0.05, 0) is 50.2 Å². The van der Waals surface area contributed by atoms with E-state index in [0.29, 0.717) is 11.5 Å². The first kappa shape index (κ1) is 19.3. The molecular weight excluding hydrogens is 386 g/mol. The van der Waals surface area contributed by atoms with Gasteiger partial charge >= 0.3 is 0 Å². The predicted molar refractivity (Wildman–Crippen MR) is 122 cm³/mol. The van der Waals surface area contributed by atoms with E-state index < -0.39 is 0 Å². The maximum Gasteiger partial charge on any atom is 0.275 e. The summed E-state index contributed by atoms with van der Waals surface area (Å²) in [4.78, 5) is 28.8. The number of para-hydroxylation sites is 1. The lowest BCUT2D eigenvalue weighted by Crippen LogP contribution is -2.20. The molecule has 5 rings (SSSR count). The Morgan fingerprint density at radius 1 is 0.935 bits per heavy atom. The van der Waals surface area contributed by atoms with Gasteiger partial charge in [-0.3, -0.25) is 14.7 Å². The smallest absolute Gasteiger partial charge is 0.275 e. The minimum Gasteiger partial charge on any atom is -0.305 e. The third-order valence-electron chi connectivity index (χ3n) is 5.56. The van der Waals surface area contributed by atoms with Crippen LogP contribution in [0.3, 0.4) is 0 Å². The van der Waals surface area contributed by atoms with Crippen LogP contribution in [0.1, 0.15) is 29.0 Å². The highest BCUT2D eigenvalue weighted by Crippen LogP contribution is 2.27. The van der Waals surface area contributed by atoms with Gasteiger partial charge in [-0.2, -0.15) is 0 Å². The zero-order valence-electron chi connectivity index (χ0n) is 17.2. The number of rotatable bonds is 5. The molecule has 0 saturated carbocycles. The zero-order chi connectivity index (χ0) is 21.0. The monoisotopic (exact) mass is 409 g/mol. The molecule has 31 heavy (non-hydrogen) atoms. The van der Waals surface area contributed by atoms with Crippen molar-refractivity contribution < 1.29 is 4.79 Å². The predicted octanol–water partition coefficient (Wildman–Crippen LogP) is 4.54. The molecule has 0 bridgehead atoms. The standard InChI is InChI=1S/C25H23N5O/c31-25(29-23-10-4-8-20(27-23)17-30-14-1-2-15-30)22-12-11-18-6-3-9-21(24(18)28-22)19-7-5-13-26-16-19/h3-13,16H,1-2,14-15,17H2,(H,27,29,31). The molecule has 0 unspecified atom stereocenters. The SMILES string of the molecule is O=C(Nc1cccc(CN2CCCC2)n1)c1ccc2cccc(-c3cccnc3)c2n1. The topological polar surface area (TPSA) is 71.0 Å². The molecule has 6 heteroatoms. The number of amides is 1. The van der Waals surface area contributed by atoms with Crippen molar-refractivity contribution in [3.05, 3.63) is 84.4 Å². The van der Waals surface area contributed by atoms with Gasteiger partial charge in [0.15, 0.2) is 0 Å². The fraction of sp³-hybridized carbons (Fsp3) is 0.200. The number of carbonyl (C=O) groups is 1. The number of carbonyl (C=O) groups excluding carboxylic acids is 1. The lowest BCUT2D eigenvalue weighted by atomic mass is 10.0. The second-order valence-corrected chi connectivity index (χ2v) is 7.77. The minimum atomic E-state index is -0.270. The van der Waals surface area contributed by atoms with Crippen LogP contribution >= 0.6 is 0 Å². The molecule has 1 aromatic carbocycles. The average molecular weight is 409 g/mol. The maximum atomic E-state index is 12.9. The van der Waals surface area contributed by atoms with Crippen molar-refractivity contribution in [2.24, 2.45) is 0 Å². The Hall–Kier alpha value is -3.64. The van der Waals surface area contributed by atoms with Gasteiger partial charge in [0.25, 0.3) is 5.91 Å². The Kier molecular flexibility index (Phi) is 5.37. The number of anilines is 1. The van der Waals surface area contributed by atoms with Gasteiger partial charge in [-0.1, -0.05) is 36.4 Å². The molecule has 4 heterocycles. The fourth-order valence-electron chi connectivity index (χ4n) is 4.02. The number of aromatic nitrogens is 3. The van der Waals surface area contributed by atoms with E-state index in [2.05, 4.69) is 25.2 Å². The number of pyridine rings is 3. The third kappa shape index (κ3) is 4.29. The first-order valence-electron chi connectivity index (χ1n) is 10.6.